The Morgan fingerprint density at radius 1 is 1.21 bits per heavy atom. The molecule has 98 valence electrons. The lowest BCUT2D eigenvalue weighted by Crippen LogP contribution is -2.14. The van der Waals surface area contributed by atoms with E-state index in [2.05, 4.69) is 37.0 Å². The summed E-state index contributed by atoms with van der Waals surface area (Å²) in [4.78, 5) is 4.41. The van der Waals surface area contributed by atoms with Crippen molar-refractivity contribution in [3.63, 3.8) is 0 Å². The summed E-state index contributed by atoms with van der Waals surface area (Å²) in [6.45, 7) is 4.67. The summed E-state index contributed by atoms with van der Waals surface area (Å²) in [5.74, 6) is 0. The zero-order chi connectivity index (χ0) is 13.5. The molecular weight excluding hydrogens is 232 g/mol. The van der Waals surface area contributed by atoms with Gasteiger partial charge in [-0.05, 0) is 47.9 Å². The van der Waals surface area contributed by atoms with Gasteiger partial charge in [-0.25, -0.2) is 0 Å². The lowest BCUT2D eigenvalue weighted by Gasteiger charge is -2.29. The lowest BCUT2D eigenvalue weighted by molar-refractivity contribution is 0.335. The first kappa shape index (κ1) is 12.2. The number of nitrogens with zero attached hydrogens (tertiary/aromatic N) is 1. The highest BCUT2D eigenvalue weighted by atomic mass is 14.7. The number of aromatic nitrogens is 1. The van der Waals surface area contributed by atoms with Crippen LogP contribution in [0.5, 0.6) is 0 Å². The molecule has 0 amide bonds. The zero-order valence-corrected chi connectivity index (χ0v) is 11.6. The lowest BCUT2D eigenvalue weighted by atomic mass is 9.76. The van der Waals surface area contributed by atoms with Crippen LogP contribution in [0, 0.1) is 5.41 Å². The van der Waals surface area contributed by atoms with Gasteiger partial charge in [0.05, 0.1) is 11.2 Å². The molecule has 1 aliphatic carbocycles. The number of fused-ring (bicyclic) bond motifs is 1. The summed E-state index contributed by atoms with van der Waals surface area (Å²) in [6.07, 6.45) is 7.72. The third-order valence-electron chi connectivity index (χ3n) is 4.12. The number of pyridine rings is 1. The minimum atomic E-state index is 0.436. The molecule has 3 rings (SSSR count). The van der Waals surface area contributed by atoms with Gasteiger partial charge in [-0.1, -0.05) is 32.1 Å². The molecule has 0 atom stereocenters. The largest absolute Gasteiger partial charge is 0.397 e. The molecule has 19 heavy (non-hydrogen) atoms. The van der Waals surface area contributed by atoms with Crippen molar-refractivity contribution in [2.24, 2.45) is 5.41 Å². The van der Waals surface area contributed by atoms with Crippen molar-refractivity contribution in [2.75, 3.05) is 5.73 Å². The number of hydrogen-bond donors (Lipinski definition) is 1. The number of hydrogen-bond acceptors (Lipinski definition) is 2. The molecule has 2 heteroatoms. The second-order valence-electron chi connectivity index (χ2n) is 6.20. The number of anilines is 1. The van der Waals surface area contributed by atoms with Crippen molar-refractivity contribution in [3.8, 4) is 0 Å². The molecule has 0 unspecified atom stereocenters. The molecule has 1 aromatic carbocycles. The Morgan fingerprint density at radius 3 is 2.79 bits per heavy atom. The van der Waals surface area contributed by atoms with Gasteiger partial charge in [-0.3, -0.25) is 4.98 Å². The van der Waals surface area contributed by atoms with Crippen LogP contribution in [-0.4, -0.2) is 4.98 Å². The zero-order valence-electron chi connectivity index (χ0n) is 11.6. The smallest absolute Gasteiger partial charge is 0.0937 e. The van der Waals surface area contributed by atoms with E-state index in [1.807, 2.05) is 12.1 Å². The fourth-order valence-corrected chi connectivity index (χ4v) is 2.80. The highest BCUT2D eigenvalue weighted by Crippen LogP contribution is 2.40. The average molecular weight is 252 g/mol. The fraction of sp³-hybridized carbons (Fsp3) is 0.353. The first-order valence-corrected chi connectivity index (χ1v) is 6.89. The van der Waals surface area contributed by atoms with Crippen LogP contribution in [0.25, 0.3) is 16.5 Å². The van der Waals surface area contributed by atoms with Gasteiger partial charge in [0, 0.05) is 11.6 Å². The topological polar surface area (TPSA) is 38.9 Å². The second-order valence-corrected chi connectivity index (χ2v) is 6.20. The Bertz CT molecular complexity index is 653. The quantitative estimate of drug-likeness (QED) is 0.763. The molecule has 0 spiro atoms. The second kappa shape index (κ2) is 4.37. The summed E-state index contributed by atoms with van der Waals surface area (Å²) in [7, 11) is 0. The Balaban J connectivity index is 2.12. The van der Waals surface area contributed by atoms with Gasteiger partial charge >= 0.3 is 0 Å². The number of benzene rings is 1. The predicted molar refractivity (Wildman–Crippen MR) is 81.8 cm³/mol. The number of nitrogen functional groups attached to an aromatic ring is 1. The van der Waals surface area contributed by atoms with Crippen LogP contribution in [-0.2, 0) is 0 Å². The molecule has 2 aromatic rings. The molecule has 0 radical (unpaired) electrons. The maximum Gasteiger partial charge on any atom is 0.0937 e. The number of rotatable bonds is 1. The van der Waals surface area contributed by atoms with E-state index in [-0.39, 0.29) is 0 Å². The van der Waals surface area contributed by atoms with Crippen molar-refractivity contribution >= 4 is 22.2 Å². The van der Waals surface area contributed by atoms with Crippen molar-refractivity contribution in [3.05, 3.63) is 42.1 Å². The molecule has 0 saturated carbocycles. The van der Waals surface area contributed by atoms with Gasteiger partial charge in [-0.15, -0.1) is 0 Å². The predicted octanol–water partition coefficient (Wildman–Crippen LogP) is 4.41. The van der Waals surface area contributed by atoms with Crippen LogP contribution in [0.15, 0.2) is 36.5 Å². The van der Waals surface area contributed by atoms with E-state index in [9.17, 15) is 0 Å². The Hall–Kier alpha value is -1.83. The number of nitrogens with two attached hydrogens (primary N) is 1. The van der Waals surface area contributed by atoms with E-state index in [0.29, 0.717) is 5.41 Å². The molecule has 0 saturated heterocycles. The fourth-order valence-electron chi connectivity index (χ4n) is 2.80. The third-order valence-corrected chi connectivity index (χ3v) is 4.12. The molecule has 0 aliphatic heterocycles. The van der Waals surface area contributed by atoms with Gasteiger partial charge in [-0.2, -0.15) is 0 Å². The first-order chi connectivity index (χ1) is 9.07. The SMILES string of the molecule is CC1(C)CC=C(c2ccc(N)c3ncccc23)CC1. The highest BCUT2D eigenvalue weighted by molar-refractivity contribution is 5.97. The van der Waals surface area contributed by atoms with Crippen LogP contribution >= 0.6 is 0 Å². The Morgan fingerprint density at radius 2 is 2.05 bits per heavy atom. The maximum atomic E-state index is 6.02. The molecule has 0 fully saturated rings. The summed E-state index contributed by atoms with van der Waals surface area (Å²) in [6, 6.07) is 8.22. The van der Waals surface area contributed by atoms with E-state index in [0.717, 1.165) is 24.0 Å². The van der Waals surface area contributed by atoms with Gasteiger partial charge in [0.15, 0.2) is 0 Å². The van der Waals surface area contributed by atoms with Gasteiger partial charge in [0.25, 0.3) is 0 Å². The molecular formula is C17H20N2. The normalized spacial score (nSPS) is 18.3. The minimum absolute atomic E-state index is 0.436. The van der Waals surface area contributed by atoms with E-state index in [4.69, 9.17) is 5.73 Å². The van der Waals surface area contributed by atoms with E-state index >= 15 is 0 Å². The van der Waals surface area contributed by atoms with Crippen molar-refractivity contribution in [2.45, 2.75) is 33.1 Å². The van der Waals surface area contributed by atoms with Crippen LogP contribution in [0.3, 0.4) is 0 Å². The Labute approximate surface area is 114 Å². The van der Waals surface area contributed by atoms with Crippen LogP contribution in [0.1, 0.15) is 38.7 Å². The maximum absolute atomic E-state index is 6.02. The van der Waals surface area contributed by atoms with Gasteiger partial charge in [0.1, 0.15) is 0 Å². The monoisotopic (exact) mass is 252 g/mol. The van der Waals surface area contributed by atoms with Crippen molar-refractivity contribution < 1.29 is 0 Å². The van der Waals surface area contributed by atoms with Crippen molar-refractivity contribution in [1.29, 1.82) is 0 Å². The highest BCUT2D eigenvalue weighted by Gasteiger charge is 2.22. The molecule has 1 aromatic heterocycles. The molecule has 2 N–H and O–H groups in total. The van der Waals surface area contributed by atoms with Crippen LogP contribution in [0.2, 0.25) is 0 Å². The summed E-state index contributed by atoms with van der Waals surface area (Å²) >= 11 is 0. The summed E-state index contributed by atoms with van der Waals surface area (Å²) in [5.41, 5.74) is 10.9. The minimum Gasteiger partial charge on any atom is -0.397 e. The Kier molecular flexibility index (Phi) is 2.81. The van der Waals surface area contributed by atoms with E-state index in [1.54, 1.807) is 6.20 Å². The van der Waals surface area contributed by atoms with Crippen LogP contribution < -0.4 is 5.73 Å². The van der Waals surface area contributed by atoms with E-state index in [1.165, 1.54) is 22.9 Å². The third kappa shape index (κ3) is 2.23. The first-order valence-electron chi connectivity index (χ1n) is 6.89. The van der Waals surface area contributed by atoms with E-state index < -0.39 is 0 Å². The molecule has 1 aliphatic rings. The van der Waals surface area contributed by atoms with Crippen molar-refractivity contribution in [1.82, 2.24) is 4.98 Å². The molecule has 1 heterocycles. The summed E-state index contributed by atoms with van der Waals surface area (Å²) in [5, 5.41) is 1.17. The average Bonchev–Trinajstić information content (AvgIpc) is 2.40. The molecule has 2 nitrogen and oxygen atoms in total. The summed E-state index contributed by atoms with van der Waals surface area (Å²) < 4.78 is 0. The van der Waals surface area contributed by atoms with Crippen LogP contribution in [0.4, 0.5) is 5.69 Å². The van der Waals surface area contributed by atoms with Gasteiger partial charge in [0.2, 0.25) is 0 Å². The number of allylic oxidation sites excluding steroid dienone is 2. The molecule has 0 bridgehead atoms. The standard InChI is InChI=1S/C17H20N2/c1-17(2)9-7-12(8-10-17)13-5-6-15(18)16-14(13)4-3-11-19-16/h3-7,11H,8-10,18H2,1-2H3. The van der Waals surface area contributed by atoms with Gasteiger partial charge < -0.3 is 5.73 Å².